The summed E-state index contributed by atoms with van der Waals surface area (Å²) in [6.45, 7) is 2.01. The highest BCUT2D eigenvalue weighted by Crippen LogP contribution is 2.30. The third kappa shape index (κ3) is 1.70. The van der Waals surface area contributed by atoms with Crippen molar-refractivity contribution >= 4 is 17.4 Å². The van der Waals surface area contributed by atoms with Gasteiger partial charge in [-0.3, -0.25) is 4.68 Å². The van der Waals surface area contributed by atoms with Gasteiger partial charge < -0.3 is 5.73 Å². The fourth-order valence-electron chi connectivity index (χ4n) is 1.56. The van der Waals surface area contributed by atoms with Crippen LogP contribution in [0.2, 0.25) is 5.02 Å². The number of aryl methyl sites for hydroxylation is 2. The number of hydrogen-bond acceptors (Lipinski definition) is 2. The van der Waals surface area contributed by atoms with Gasteiger partial charge in [0.05, 0.1) is 10.7 Å². The fourth-order valence-corrected chi connectivity index (χ4v) is 1.88. The van der Waals surface area contributed by atoms with Crippen LogP contribution in [0.1, 0.15) is 5.56 Å². The van der Waals surface area contributed by atoms with E-state index >= 15 is 0 Å². The number of hydrogen-bond donors (Lipinski definition) is 1. The lowest BCUT2D eigenvalue weighted by Crippen LogP contribution is -1.96. The number of anilines is 1. The second kappa shape index (κ2) is 3.59. The monoisotopic (exact) mass is 221 g/mol. The van der Waals surface area contributed by atoms with Crippen LogP contribution in [0.15, 0.2) is 24.3 Å². The topological polar surface area (TPSA) is 43.8 Å². The summed E-state index contributed by atoms with van der Waals surface area (Å²) >= 11 is 6.14. The Bertz CT molecular complexity index is 463. The van der Waals surface area contributed by atoms with E-state index in [4.69, 9.17) is 17.3 Å². The number of nitrogen functional groups attached to an aromatic ring is 1. The second-order valence-electron chi connectivity index (χ2n) is 3.51. The predicted molar refractivity (Wildman–Crippen MR) is 62.8 cm³/mol. The van der Waals surface area contributed by atoms with Crippen LogP contribution in [0.4, 0.5) is 5.82 Å². The molecule has 1 aromatic heterocycles. The third-order valence-corrected chi connectivity index (χ3v) is 2.71. The molecule has 2 rings (SSSR count). The Labute approximate surface area is 93.5 Å². The molecule has 1 aromatic carbocycles. The molecule has 2 aromatic rings. The van der Waals surface area contributed by atoms with E-state index in [0.29, 0.717) is 10.8 Å². The van der Waals surface area contributed by atoms with Crippen molar-refractivity contribution in [2.45, 2.75) is 6.92 Å². The van der Waals surface area contributed by atoms with E-state index in [2.05, 4.69) is 5.10 Å². The Hall–Kier alpha value is -1.48. The van der Waals surface area contributed by atoms with Crippen LogP contribution in [0.25, 0.3) is 11.3 Å². The summed E-state index contributed by atoms with van der Waals surface area (Å²) in [6, 6.07) is 7.61. The van der Waals surface area contributed by atoms with E-state index in [9.17, 15) is 0 Å². The zero-order valence-electron chi connectivity index (χ0n) is 8.66. The van der Waals surface area contributed by atoms with Crippen LogP contribution in [-0.4, -0.2) is 9.78 Å². The zero-order valence-corrected chi connectivity index (χ0v) is 9.42. The first kappa shape index (κ1) is 10.1. The van der Waals surface area contributed by atoms with Gasteiger partial charge in [0.2, 0.25) is 0 Å². The van der Waals surface area contributed by atoms with Crippen molar-refractivity contribution in [3.05, 3.63) is 34.9 Å². The molecule has 0 unspecified atom stereocenters. The van der Waals surface area contributed by atoms with Gasteiger partial charge in [0.1, 0.15) is 5.82 Å². The minimum absolute atomic E-state index is 0.629. The Kier molecular flexibility index (Phi) is 2.40. The highest BCUT2D eigenvalue weighted by atomic mass is 35.5. The SMILES string of the molecule is Cc1cccc(Cl)c1-c1cc(N)n(C)n1. The normalized spacial score (nSPS) is 10.6. The number of rotatable bonds is 1. The van der Waals surface area contributed by atoms with Gasteiger partial charge in [-0.05, 0) is 18.6 Å². The molecule has 2 N–H and O–H groups in total. The highest BCUT2D eigenvalue weighted by molar-refractivity contribution is 6.33. The standard InChI is InChI=1S/C11H12ClN3/c1-7-4-3-5-8(12)11(7)9-6-10(13)15(2)14-9/h3-6H,13H2,1-2H3. The first-order valence-electron chi connectivity index (χ1n) is 4.64. The lowest BCUT2D eigenvalue weighted by atomic mass is 10.1. The van der Waals surface area contributed by atoms with E-state index in [1.54, 1.807) is 4.68 Å². The first-order chi connectivity index (χ1) is 7.09. The van der Waals surface area contributed by atoms with Gasteiger partial charge >= 0.3 is 0 Å². The molecule has 78 valence electrons. The quantitative estimate of drug-likeness (QED) is 0.805. The Morgan fingerprint density at radius 2 is 2.13 bits per heavy atom. The van der Waals surface area contributed by atoms with Gasteiger partial charge in [-0.1, -0.05) is 23.7 Å². The summed E-state index contributed by atoms with van der Waals surface area (Å²) in [5, 5.41) is 5.01. The summed E-state index contributed by atoms with van der Waals surface area (Å²) in [5.74, 6) is 0.629. The number of nitrogens with two attached hydrogens (primary N) is 1. The largest absolute Gasteiger partial charge is 0.384 e. The molecule has 0 fully saturated rings. The maximum absolute atomic E-state index is 6.14. The van der Waals surface area contributed by atoms with Crippen molar-refractivity contribution in [3.63, 3.8) is 0 Å². The molecule has 0 spiro atoms. The summed E-state index contributed by atoms with van der Waals surface area (Å²) < 4.78 is 1.64. The Morgan fingerprint density at radius 1 is 1.40 bits per heavy atom. The molecular formula is C11H12ClN3. The van der Waals surface area contributed by atoms with E-state index in [-0.39, 0.29) is 0 Å². The smallest absolute Gasteiger partial charge is 0.121 e. The van der Waals surface area contributed by atoms with Gasteiger partial charge in [0.25, 0.3) is 0 Å². The van der Waals surface area contributed by atoms with Gasteiger partial charge in [-0.2, -0.15) is 5.10 Å². The molecule has 0 bridgehead atoms. The molecule has 0 saturated carbocycles. The summed E-state index contributed by atoms with van der Waals surface area (Å²) in [4.78, 5) is 0. The van der Waals surface area contributed by atoms with Gasteiger partial charge in [0, 0.05) is 18.7 Å². The number of benzene rings is 1. The molecule has 0 saturated heterocycles. The molecule has 0 aliphatic rings. The lowest BCUT2D eigenvalue weighted by Gasteiger charge is -2.04. The molecule has 0 radical (unpaired) electrons. The zero-order chi connectivity index (χ0) is 11.0. The van der Waals surface area contributed by atoms with Gasteiger partial charge in [-0.15, -0.1) is 0 Å². The van der Waals surface area contributed by atoms with Crippen molar-refractivity contribution < 1.29 is 0 Å². The summed E-state index contributed by atoms with van der Waals surface area (Å²) in [6.07, 6.45) is 0. The average Bonchev–Trinajstić information content (AvgIpc) is 2.46. The van der Waals surface area contributed by atoms with Crippen LogP contribution in [0.5, 0.6) is 0 Å². The minimum atomic E-state index is 0.629. The fraction of sp³-hybridized carbons (Fsp3) is 0.182. The molecule has 4 heteroatoms. The van der Waals surface area contributed by atoms with Crippen molar-refractivity contribution in [1.82, 2.24) is 9.78 Å². The van der Waals surface area contributed by atoms with Gasteiger partial charge in [0.15, 0.2) is 0 Å². The van der Waals surface area contributed by atoms with E-state index in [1.807, 2.05) is 38.2 Å². The minimum Gasteiger partial charge on any atom is -0.384 e. The summed E-state index contributed by atoms with van der Waals surface area (Å²) in [5.41, 5.74) is 8.60. The molecule has 3 nitrogen and oxygen atoms in total. The van der Waals surface area contributed by atoms with E-state index in [1.165, 1.54) is 0 Å². The second-order valence-corrected chi connectivity index (χ2v) is 3.92. The van der Waals surface area contributed by atoms with Crippen molar-refractivity contribution in [2.75, 3.05) is 5.73 Å². The van der Waals surface area contributed by atoms with Crippen molar-refractivity contribution in [2.24, 2.45) is 7.05 Å². The maximum Gasteiger partial charge on any atom is 0.121 e. The van der Waals surface area contributed by atoms with E-state index in [0.717, 1.165) is 16.8 Å². The number of aromatic nitrogens is 2. The highest BCUT2D eigenvalue weighted by Gasteiger charge is 2.10. The van der Waals surface area contributed by atoms with Crippen LogP contribution < -0.4 is 5.73 Å². The molecule has 0 aliphatic heterocycles. The maximum atomic E-state index is 6.14. The number of halogens is 1. The Balaban J connectivity index is 2.63. The lowest BCUT2D eigenvalue weighted by molar-refractivity contribution is 0.782. The molecular weight excluding hydrogens is 210 g/mol. The van der Waals surface area contributed by atoms with Crippen LogP contribution in [0, 0.1) is 6.92 Å². The van der Waals surface area contributed by atoms with Gasteiger partial charge in [-0.25, -0.2) is 0 Å². The molecule has 0 atom stereocenters. The average molecular weight is 222 g/mol. The molecule has 0 amide bonds. The first-order valence-corrected chi connectivity index (χ1v) is 5.02. The molecule has 15 heavy (non-hydrogen) atoms. The van der Waals surface area contributed by atoms with Crippen LogP contribution in [-0.2, 0) is 7.05 Å². The third-order valence-electron chi connectivity index (χ3n) is 2.39. The predicted octanol–water partition coefficient (Wildman–Crippen LogP) is 2.63. The van der Waals surface area contributed by atoms with Crippen molar-refractivity contribution in [1.29, 1.82) is 0 Å². The summed E-state index contributed by atoms with van der Waals surface area (Å²) in [7, 11) is 1.81. The van der Waals surface area contributed by atoms with E-state index < -0.39 is 0 Å². The van der Waals surface area contributed by atoms with Crippen molar-refractivity contribution in [3.8, 4) is 11.3 Å². The van der Waals surface area contributed by atoms with Crippen LogP contribution >= 0.6 is 11.6 Å². The molecule has 1 heterocycles. The molecule has 0 aliphatic carbocycles. The van der Waals surface area contributed by atoms with Crippen LogP contribution in [0.3, 0.4) is 0 Å². The number of nitrogens with zero attached hydrogens (tertiary/aromatic N) is 2. The Morgan fingerprint density at radius 3 is 2.67 bits per heavy atom.